The van der Waals surface area contributed by atoms with Crippen molar-refractivity contribution in [3.8, 4) is 0 Å². The van der Waals surface area contributed by atoms with Gasteiger partial charge in [-0.05, 0) is 61.3 Å². The maximum absolute atomic E-state index is 10.1. The summed E-state index contributed by atoms with van der Waals surface area (Å²) in [5, 5.41) is 11.6. The molecule has 4 heteroatoms. The van der Waals surface area contributed by atoms with Crippen LogP contribution in [0.5, 0.6) is 0 Å². The molecule has 1 aromatic carbocycles. The lowest BCUT2D eigenvalue weighted by molar-refractivity contribution is 0.0746. The van der Waals surface area contributed by atoms with Crippen LogP contribution in [-0.2, 0) is 13.0 Å². The Balaban J connectivity index is 1.54. The molecule has 1 aliphatic heterocycles. The van der Waals surface area contributed by atoms with E-state index in [4.69, 9.17) is 11.6 Å². The minimum absolute atomic E-state index is 0.323. The molecule has 1 N–H and O–H groups in total. The highest BCUT2D eigenvalue weighted by Gasteiger charge is 2.35. The van der Waals surface area contributed by atoms with Gasteiger partial charge in [0.15, 0.2) is 0 Å². The van der Waals surface area contributed by atoms with E-state index < -0.39 is 6.10 Å². The van der Waals surface area contributed by atoms with Crippen molar-refractivity contribution in [1.82, 2.24) is 9.47 Å². The minimum atomic E-state index is -0.425. The molecule has 0 spiro atoms. The first-order chi connectivity index (χ1) is 13.3. The van der Waals surface area contributed by atoms with E-state index in [2.05, 4.69) is 27.7 Å². The van der Waals surface area contributed by atoms with Gasteiger partial charge in [0.1, 0.15) is 0 Å². The molecule has 0 amide bonds. The molecule has 3 nitrogen and oxygen atoms in total. The number of halogens is 1. The van der Waals surface area contributed by atoms with E-state index in [-0.39, 0.29) is 0 Å². The number of hydrogen-bond donors (Lipinski definition) is 1. The van der Waals surface area contributed by atoms with E-state index >= 15 is 0 Å². The summed E-state index contributed by atoms with van der Waals surface area (Å²) in [4.78, 5) is 2.48. The van der Waals surface area contributed by atoms with Gasteiger partial charge in [0.25, 0.3) is 0 Å². The molecule has 5 rings (SSSR count). The van der Waals surface area contributed by atoms with Gasteiger partial charge in [-0.2, -0.15) is 0 Å². The van der Waals surface area contributed by atoms with Crippen molar-refractivity contribution >= 4 is 22.5 Å². The summed E-state index contributed by atoms with van der Waals surface area (Å²) in [6.45, 7) is 2.74. The molecule has 2 heterocycles. The highest BCUT2D eigenvalue weighted by molar-refractivity contribution is 6.18. The number of rotatable bonds is 4. The zero-order chi connectivity index (χ0) is 18.4. The Labute approximate surface area is 167 Å². The van der Waals surface area contributed by atoms with E-state index in [1.807, 2.05) is 0 Å². The number of aliphatic hydroxyl groups is 1. The molecule has 3 aliphatic rings. The quantitative estimate of drug-likeness (QED) is 0.750. The molecule has 2 aliphatic carbocycles. The number of aromatic nitrogens is 1. The molecular formula is C23H31ClN2O. The summed E-state index contributed by atoms with van der Waals surface area (Å²) in [5.41, 5.74) is 6.12. The smallest absolute Gasteiger partial charge is 0.0802 e. The van der Waals surface area contributed by atoms with Gasteiger partial charge in [0.05, 0.1) is 12.1 Å². The first-order valence-electron chi connectivity index (χ1n) is 10.9. The van der Waals surface area contributed by atoms with Crippen LogP contribution in [0, 0.1) is 0 Å². The van der Waals surface area contributed by atoms with Crippen LogP contribution in [0.15, 0.2) is 18.2 Å². The third kappa shape index (κ3) is 3.12. The van der Waals surface area contributed by atoms with E-state index in [1.54, 1.807) is 11.1 Å². The Morgan fingerprint density at radius 2 is 1.93 bits per heavy atom. The number of aliphatic hydroxyl groups excluding tert-OH is 1. The molecule has 1 aromatic heterocycles. The van der Waals surface area contributed by atoms with Crippen molar-refractivity contribution < 1.29 is 5.11 Å². The Bertz CT molecular complexity index is 823. The summed E-state index contributed by atoms with van der Waals surface area (Å²) in [5.74, 6) is 1.09. The van der Waals surface area contributed by atoms with Crippen LogP contribution in [-0.4, -0.2) is 39.6 Å². The number of alkyl halides is 1. The van der Waals surface area contributed by atoms with Gasteiger partial charge in [-0.1, -0.05) is 25.3 Å². The van der Waals surface area contributed by atoms with Crippen molar-refractivity contribution in [2.75, 3.05) is 19.0 Å². The Kier molecular flexibility index (Phi) is 4.95. The lowest BCUT2D eigenvalue weighted by Crippen LogP contribution is -2.43. The lowest BCUT2D eigenvalue weighted by atomic mass is 9.83. The molecule has 0 radical (unpaired) electrons. The fourth-order valence-corrected chi connectivity index (χ4v) is 6.02. The fourth-order valence-electron chi connectivity index (χ4n) is 5.92. The van der Waals surface area contributed by atoms with Crippen LogP contribution in [0.3, 0.4) is 0 Å². The van der Waals surface area contributed by atoms with Gasteiger partial charge in [-0.15, -0.1) is 11.6 Å². The van der Waals surface area contributed by atoms with E-state index in [0.717, 1.165) is 19.0 Å². The van der Waals surface area contributed by atoms with Crippen LogP contribution in [0.2, 0.25) is 0 Å². The Morgan fingerprint density at radius 3 is 2.74 bits per heavy atom. The van der Waals surface area contributed by atoms with Gasteiger partial charge in [0.2, 0.25) is 0 Å². The first kappa shape index (κ1) is 18.0. The molecule has 0 saturated heterocycles. The van der Waals surface area contributed by atoms with Crippen LogP contribution >= 0.6 is 11.6 Å². The number of benzene rings is 1. The van der Waals surface area contributed by atoms with E-state index in [0.29, 0.717) is 18.5 Å². The summed E-state index contributed by atoms with van der Waals surface area (Å²) < 4.78 is 2.59. The highest BCUT2D eigenvalue weighted by atomic mass is 35.5. The Hall–Kier alpha value is -1.03. The maximum Gasteiger partial charge on any atom is 0.0802 e. The molecule has 146 valence electrons. The number of nitrogens with zero attached hydrogens (tertiary/aromatic N) is 2. The van der Waals surface area contributed by atoms with Gasteiger partial charge in [-0.3, -0.25) is 4.90 Å². The number of β-amino-alcohol motifs (C(OH)–C–C–N with tert-alkyl or cyclic N) is 1. The summed E-state index contributed by atoms with van der Waals surface area (Å²) in [7, 11) is 0. The van der Waals surface area contributed by atoms with Crippen molar-refractivity contribution in [1.29, 1.82) is 0 Å². The Morgan fingerprint density at radius 1 is 1.07 bits per heavy atom. The second kappa shape index (κ2) is 7.42. The fraction of sp³-hybridized carbons (Fsp3) is 0.652. The number of fused-ring (bicyclic) bond motifs is 3. The summed E-state index contributed by atoms with van der Waals surface area (Å²) in [6, 6.07) is 7.79. The SMILES string of the molecule is O[C@H](CCl)CN1CCn2c3c(c4cc(C5CCCCC5)ccc42)CCC[C@@H]31. The van der Waals surface area contributed by atoms with Crippen LogP contribution in [0.1, 0.15) is 73.7 Å². The van der Waals surface area contributed by atoms with Crippen molar-refractivity contribution in [3.63, 3.8) is 0 Å². The van der Waals surface area contributed by atoms with Crippen molar-refractivity contribution in [2.45, 2.75) is 76.0 Å². The molecule has 1 saturated carbocycles. The zero-order valence-electron chi connectivity index (χ0n) is 16.2. The minimum Gasteiger partial charge on any atom is -0.391 e. The van der Waals surface area contributed by atoms with Crippen molar-refractivity contribution in [3.05, 3.63) is 35.0 Å². The normalized spacial score (nSPS) is 24.9. The van der Waals surface area contributed by atoms with E-state index in [1.165, 1.54) is 68.0 Å². The molecule has 2 aromatic rings. The molecule has 0 unspecified atom stereocenters. The largest absolute Gasteiger partial charge is 0.391 e. The van der Waals surface area contributed by atoms with Crippen LogP contribution in [0.4, 0.5) is 0 Å². The van der Waals surface area contributed by atoms with Crippen molar-refractivity contribution in [2.24, 2.45) is 0 Å². The van der Waals surface area contributed by atoms with Gasteiger partial charge in [0, 0.05) is 42.1 Å². The van der Waals surface area contributed by atoms with Gasteiger partial charge < -0.3 is 9.67 Å². The zero-order valence-corrected chi connectivity index (χ0v) is 16.9. The average Bonchev–Trinajstić information content (AvgIpc) is 3.05. The predicted molar refractivity (Wildman–Crippen MR) is 112 cm³/mol. The third-order valence-corrected chi connectivity index (χ3v) is 7.56. The van der Waals surface area contributed by atoms with E-state index in [9.17, 15) is 5.11 Å². The predicted octanol–water partition coefficient (Wildman–Crippen LogP) is 4.98. The molecule has 0 bridgehead atoms. The monoisotopic (exact) mass is 386 g/mol. The number of hydrogen-bond acceptors (Lipinski definition) is 2. The molecule has 27 heavy (non-hydrogen) atoms. The second-order valence-electron chi connectivity index (χ2n) is 8.84. The van der Waals surface area contributed by atoms with Crippen LogP contribution < -0.4 is 0 Å². The molecular weight excluding hydrogens is 356 g/mol. The maximum atomic E-state index is 10.1. The standard InChI is InChI=1S/C23H31ClN2O/c24-14-18(27)15-25-11-12-26-21-10-9-17(16-5-2-1-3-6-16)13-20(21)19-7-4-8-22(25)23(19)26/h9-10,13,16,18,22,27H,1-8,11-12,14-15H2/t18-,22+/m1/s1. The lowest BCUT2D eigenvalue weighted by Gasteiger charge is -2.40. The van der Waals surface area contributed by atoms with Gasteiger partial charge in [-0.25, -0.2) is 0 Å². The number of aryl methyl sites for hydroxylation is 1. The van der Waals surface area contributed by atoms with Crippen LogP contribution in [0.25, 0.3) is 10.9 Å². The topological polar surface area (TPSA) is 28.4 Å². The second-order valence-corrected chi connectivity index (χ2v) is 9.15. The summed E-state index contributed by atoms with van der Waals surface area (Å²) >= 11 is 5.88. The summed E-state index contributed by atoms with van der Waals surface area (Å²) in [6.07, 6.45) is 10.1. The molecule has 2 atom stereocenters. The third-order valence-electron chi connectivity index (χ3n) is 7.21. The highest BCUT2D eigenvalue weighted by Crippen LogP contribution is 2.44. The van der Waals surface area contributed by atoms with Gasteiger partial charge >= 0.3 is 0 Å². The first-order valence-corrected chi connectivity index (χ1v) is 11.4. The average molecular weight is 387 g/mol. The molecule has 1 fully saturated rings.